The largest absolute Gasteiger partial charge is 0.274 e. The fourth-order valence-electron chi connectivity index (χ4n) is 3.21. The molecule has 29 heavy (non-hydrogen) atoms. The first-order valence-corrected chi connectivity index (χ1v) is 9.25. The van der Waals surface area contributed by atoms with E-state index in [2.05, 4.69) is 5.43 Å². The first-order chi connectivity index (χ1) is 14.3. The van der Waals surface area contributed by atoms with Gasteiger partial charge in [0, 0.05) is 17.2 Å². The number of hydrogen-bond donors (Lipinski definition) is 1. The summed E-state index contributed by atoms with van der Waals surface area (Å²) < 4.78 is 1.43. The molecule has 3 aromatic carbocycles. The third-order valence-electron chi connectivity index (χ3n) is 4.63. The van der Waals surface area contributed by atoms with E-state index in [4.69, 9.17) is 10.1 Å². The van der Waals surface area contributed by atoms with Crippen molar-refractivity contribution in [3.8, 4) is 11.3 Å². The van der Waals surface area contributed by atoms with Crippen LogP contribution in [0.15, 0.2) is 107 Å². The molecule has 2 heterocycles. The number of nitrogens with one attached hydrogen (secondary N) is 1. The highest BCUT2D eigenvalue weighted by atomic mass is 16.1. The quantitative estimate of drug-likeness (QED) is 0.585. The van der Waals surface area contributed by atoms with E-state index < -0.39 is 0 Å². The van der Waals surface area contributed by atoms with E-state index in [-0.39, 0.29) is 5.56 Å². The average Bonchev–Trinajstić information content (AvgIpc) is 2.80. The number of fused-ring (bicyclic) bond motifs is 1. The van der Waals surface area contributed by atoms with E-state index in [9.17, 15) is 4.79 Å². The van der Waals surface area contributed by atoms with Crippen molar-refractivity contribution in [1.29, 1.82) is 0 Å². The highest BCUT2D eigenvalue weighted by Crippen LogP contribution is 2.27. The lowest BCUT2D eigenvalue weighted by Crippen LogP contribution is -2.42. The Bertz CT molecular complexity index is 1230. The molecule has 0 unspecified atom stereocenters. The molecule has 0 bridgehead atoms. The Hall–Kier alpha value is -4.19. The zero-order valence-electron chi connectivity index (χ0n) is 15.4. The van der Waals surface area contributed by atoms with Gasteiger partial charge in [0.1, 0.15) is 0 Å². The standard InChI is InChI=1S/C23H17N5O/c29-21-16-20(17-10-4-1-5-11-17)24-23-27(19-14-8-3-9-15-19)25-22(26-28(21)23)18-12-6-2-7-13-18/h1-16H,(H,25,26). The Morgan fingerprint density at radius 2 is 1.31 bits per heavy atom. The molecule has 0 atom stereocenters. The van der Waals surface area contributed by atoms with Crippen LogP contribution in [-0.2, 0) is 0 Å². The number of hydrogen-bond acceptors (Lipinski definition) is 5. The van der Waals surface area contributed by atoms with E-state index in [1.807, 2.05) is 91.0 Å². The summed E-state index contributed by atoms with van der Waals surface area (Å²) in [7, 11) is 0. The molecule has 0 saturated carbocycles. The molecule has 0 radical (unpaired) electrons. The molecule has 5 rings (SSSR count). The van der Waals surface area contributed by atoms with Crippen molar-refractivity contribution in [2.75, 3.05) is 10.4 Å². The summed E-state index contributed by atoms with van der Waals surface area (Å²) in [5.41, 5.74) is 6.06. The van der Waals surface area contributed by atoms with Gasteiger partial charge < -0.3 is 0 Å². The average molecular weight is 379 g/mol. The van der Waals surface area contributed by atoms with Crippen LogP contribution in [0.25, 0.3) is 11.3 Å². The molecule has 0 saturated heterocycles. The maximum absolute atomic E-state index is 13.0. The van der Waals surface area contributed by atoms with Crippen LogP contribution in [0.5, 0.6) is 0 Å². The van der Waals surface area contributed by atoms with E-state index in [0.717, 1.165) is 16.8 Å². The molecule has 1 aliphatic rings. The highest BCUT2D eigenvalue weighted by Gasteiger charge is 2.24. The van der Waals surface area contributed by atoms with Crippen molar-refractivity contribution in [1.82, 2.24) is 9.66 Å². The van der Waals surface area contributed by atoms with Crippen molar-refractivity contribution in [3.05, 3.63) is 113 Å². The van der Waals surface area contributed by atoms with Crippen LogP contribution in [-0.4, -0.2) is 15.5 Å². The number of amidine groups is 1. The van der Waals surface area contributed by atoms with Gasteiger partial charge in [-0.2, -0.15) is 9.69 Å². The van der Waals surface area contributed by atoms with Crippen LogP contribution in [0, 0.1) is 0 Å². The predicted molar refractivity (Wildman–Crippen MR) is 115 cm³/mol. The van der Waals surface area contributed by atoms with Crippen molar-refractivity contribution < 1.29 is 0 Å². The Labute approximate surface area is 167 Å². The van der Waals surface area contributed by atoms with Crippen LogP contribution in [0.1, 0.15) is 5.56 Å². The summed E-state index contributed by atoms with van der Waals surface area (Å²) in [4.78, 5) is 17.7. The second-order valence-electron chi connectivity index (χ2n) is 6.55. The maximum Gasteiger partial charge on any atom is 0.274 e. The molecule has 0 aliphatic carbocycles. The Morgan fingerprint density at radius 3 is 1.97 bits per heavy atom. The smallest absolute Gasteiger partial charge is 0.270 e. The normalized spacial score (nSPS) is 12.7. The monoisotopic (exact) mass is 379 g/mol. The van der Waals surface area contributed by atoms with Crippen molar-refractivity contribution in [2.45, 2.75) is 0 Å². The molecule has 0 spiro atoms. The van der Waals surface area contributed by atoms with E-state index in [1.165, 1.54) is 10.7 Å². The van der Waals surface area contributed by atoms with Crippen LogP contribution in [0.2, 0.25) is 0 Å². The fraction of sp³-hybridized carbons (Fsp3) is 0. The Morgan fingerprint density at radius 1 is 0.724 bits per heavy atom. The van der Waals surface area contributed by atoms with E-state index in [1.54, 1.807) is 5.01 Å². The van der Waals surface area contributed by atoms with Crippen LogP contribution in [0.4, 0.5) is 11.6 Å². The summed E-state index contributed by atoms with van der Waals surface area (Å²) in [6.07, 6.45) is 0. The lowest BCUT2D eigenvalue weighted by molar-refractivity contribution is 0.801. The Kier molecular flexibility index (Phi) is 4.14. The van der Waals surface area contributed by atoms with Crippen LogP contribution in [0.3, 0.4) is 0 Å². The third-order valence-corrected chi connectivity index (χ3v) is 4.63. The van der Waals surface area contributed by atoms with E-state index >= 15 is 0 Å². The summed E-state index contributed by atoms with van der Waals surface area (Å²) in [6, 6.07) is 30.5. The van der Waals surface area contributed by atoms with E-state index in [0.29, 0.717) is 17.5 Å². The van der Waals surface area contributed by atoms with Crippen molar-refractivity contribution in [3.63, 3.8) is 0 Å². The fourth-order valence-corrected chi connectivity index (χ4v) is 3.21. The molecule has 6 nitrogen and oxygen atoms in total. The lowest BCUT2D eigenvalue weighted by Gasteiger charge is -2.28. The number of hydrazone groups is 1. The number of anilines is 2. The predicted octanol–water partition coefficient (Wildman–Crippen LogP) is 3.97. The highest BCUT2D eigenvalue weighted by molar-refractivity contribution is 6.06. The van der Waals surface area contributed by atoms with Crippen LogP contribution < -0.4 is 16.0 Å². The van der Waals surface area contributed by atoms with Gasteiger partial charge in [0.2, 0.25) is 0 Å². The first kappa shape index (κ1) is 16.9. The van der Waals surface area contributed by atoms with Gasteiger partial charge in [-0.25, -0.2) is 4.98 Å². The van der Waals surface area contributed by atoms with Crippen molar-refractivity contribution >= 4 is 17.5 Å². The molecule has 1 aliphatic heterocycles. The van der Waals surface area contributed by atoms with Gasteiger partial charge in [0.15, 0.2) is 5.84 Å². The summed E-state index contributed by atoms with van der Waals surface area (Å²) in [5.74, 6) is 0.973. The molecule has 1 aromatic heterocycles. The SMILES string of the molecule is O=c1cc(-c2ccccc2)nc2n1NC(c1ccccc1)=NN2c1ccccc1. The van der Waals surface area contributed by atoms with Gasteiger partial charge in [-0.1, -0.05) is 78.9 Å². The number of para-hydroxylation sites is 1. The molecule has 0 amide bonds. The maximum atomic E-state index is 13.0. The topological polar surface area (TPSA) is 62.5 Å². The molecule has 4 aromatic rings. The van der Waals surface area contributed by atoms with Gasteiger partial charge >= 0.3 is 0 Å². The zero-order valence-corrected chi connectivity index (χ0v) is 15.4. The molecule has 6 heteroatoms. The van der Waals surface area contributed by atoms with Crippen LogP contribution >= 0.6 is 0 Å². The lowest BCUT2D eigenvalue weighted by atomic mass is 10.1. The summed E-state index contributed by atoms with van der Waals surface area (Å²) >= 11 is 0. The van der Waals surface area contributed by atoms with Gasteiger partial charge in [-0.3, -0.25) is 10.2 Å². The minimum absolute atomic E-state index is 0.210. The number of rotatable bonds is 3. The first-order valence-electron chi connectivity index (χ1n) is 9.25. The summed E-state index contributed by atoms with van der Waals surface area (Å²) in [6.45, 7) is 0. The zero-order chi connectivity index (χ0) is 19.6. The van der Waals surface area contributed by atoms with Gasteiger partial charge in [-0.15, -0.1) is 5.10 Å². The molecular formula is C23H17N5O. The second-order valence-corrected chi connectivity index (χ2v) is 6.55. The van der Waals surface area contributed by atoms with Gasteiger partial charge in [0.25, 0.3) is 11.5 Å². The molecule has 1 N–H and O–H groups in total. The third kappa shape index (κ3) is 3.17. The minimum Gasteiger partial charge on any atom is -0.270 e. The minimum atomic E-state index is -0.210. The number of benzene rings is 3. The second kappa shape index (κ2) is 7.09. The summed E-state index contributed by atoms with van der Waals surface area (Å²) in [5, 5.41) is 6.44. The number of nitrogens with zero attached hydrogens (tertiary/aromatic N) is 4. The van der Waals surface area contributed by atoms with Gasteiger partial charge in [-0.05, 0) is 12.1 Å². The molecular weight excluding hydrogens is 362 g/mol. The van der Waals surface area contributed by atoms with Crippen molar-refractivity contribution in [2.24, 2.45) is 5.10 Å². The molecule has 140 valence electrons. The van der Waals surface area contributed by atoms with Gasteiger partial charge in [0.05, 0.1) is 11.4 Å². The number of aromatic nitrogens is 2. The Balaban J connectivity index is 1.70. The molecule has 0 fully saturated rings.